The molecule has 0 bridgehead atoms. The first kappa shape index (κ1) is 18.3. The van der Waals surface area contributed by atoms with E-state index in [2.05, 4.69) is 30.7 Å². The lowest BCUT2D eigenvalue weighted by atomic mass is 9.95. The molecule has 1 amide bonds. The third-order valence-electron chi connectivity index (χ3n) is 5.81. The third-order valence-corrected chi connectivity index (χ3v) is 5.81. The molecule has 3 heterocycles. The van der Waals surface area contributed by atoms with Crippen molar-refractivity contribution >= 4 is 34.1 Å². The van der Waals surface area contributed by atoms with Crippen LogP contribution in [0.15, 0.2) is 65.7 Å². The average Bonchev–Trinajstić information content (AvgIpc) is 3.48. The van der Waals surface area contributed by atoms with Gasteiger partial charge >= 0.3 is 0 Å². The van der Waals surface area contributed by atoms with Gasteiger partial charge in [0.15, 0.2) is 0 Å². The number of para-hydroxylation sites is 1. The van der Waals surface area contributed by atoms with Crippen molar-refractivity contribution in [3.05, 3.63) is 88.6 Å². The van der Waals surface area contributed by atoms with Crippen LogP contribution in [0.5, 0.6) is 5.75 Å². The van der Waals surface area contributed by atoms with E-state index in [0.29, 0.717) is 12.1 Å². The van der Waals surface area contributed by atoms with Crippen LogP contribution in [0.4, 0.5) is 0 Å². The van der Waals surface area contributed by atoms with E-state index in [1.807, 2.05) is 42.5 Å². The summed E-state index contributed by atoms with van der Waals surface area (Å²) in [5.41, 5.74) is 6.65. The van der Waals surface area contributed by atoms with Gasteiger partial charge in [0.05, 0.1) is 18.3 Å². The maximum Gasteiger partial charge on any atom is 0.252 e. The molecule has 1 unspecified atom stereocenters. The highest BCUT2D eigenvalue weighted by molar-refractivity contribution is 6.02. The number of benzene rings is 3. The Kier molecular flexibility index (Phi) is 4.04. The average molecular weight is 422 g/mol. The molecular formula is C24H18N6O2. The first-order chi connectivity index (χ1) is 15.7. The molecule has 0 aliphatic carbocycles. The fraction of sp³-hybridized carbons (Fsp3) is 0.0833. The maximum absolute atomic E-state index is 12.6. The Bertz CT molecular complexity index is 1530. The number of rotatable bonds is 4. The molecule has 0 saturated carbocycles. The molecule has 32 heavy (non-hydrogen) atoms. The second-order valence-electron chi connectivity index (χ2n) is 7.79. The highest BCUT2D eigenvalue weighted by Crippen LogP contribution is 2.38. The zero-order valence-electron chi connectivity index (χ0n) is 16.8. The summed E-state index contributed by atoms with van der Waals surface area (Å²) in [6.45, 7) is 0.478. The standard InChI is InChI=1S/C24H18N6O2/c31-14-6-7-15-17(10-14)23(27-24(15)32)22-16-3-1-2-4-18(16)26-21(22)12-25-11-13-5-8-19-20(9-13)29-30-28-19/h1-10,12,23,26,31H,11H2,(H,27,32)(H,28,29,30). The van der Waals surface area contributed by atoms with Gasteiger partial charge in [-0.3, -0.25) is 9.79 Å². The molecule has 1 atom stereocenters. The Labute approximate surface area is 182 Å². The smallest absolute Gasteiger partial charge is 0.252 e. The molecule has 1 aliphatic heterocycles. The predicted molar refractivity (Wildman–Crippen MR) is 121 cm³/mol. The molecule has 1 aliphatic rings. The number of nitrogens with zero attached hydrogens (tertiary/aromatic N) is 3. The Balaban J connectivity index is 1.40. The molecule has 5 aromatic rings. The third kappa shape index (κ3) is 2.92. The summed E-state index contributed by atoms with van der Waals surface area (Å²) in [6.07, 6.45) is 1.80. The largest absolute Gasteiger partial charge is 0.508 e. The molecule has 6 rings (SSSR count). The van der Waals surface area contributed by atoms with E-state index in [4.69, 9.17) is 0 Å². The van der Waals surface area contributed by atoms with E-state index in [-0.39, 0.29) is 17.7 Å². The molecule has 0 spiro atoms. The van der Waals surface area contributed by atoms with Crippen LogP contribution in [-0.4, -0.2) is 37.6 Å². The number of hydrogen-bond acceptors (Lipinski definition) is 5. The van der Waals surface area contributed by atoms with Crippen molar-refractivity contribution in [3.63, 3.8) is 0 Å². The topological polar surface area (TPSA) is 119 Å². The van der Waals surface area contributed by atoms with Crippen molar-refractivity contribution in [2.45, 2.75) is 12.6 Å². The summed E-state index contributed by atoms with van der Waals surface area (Å²) in [5.74, 6) is -0.0253. The Hall–Kier alpha value is -4.46. The highest BCUT2D eigenvalue weighted by Gasteiger charge is 2.33. The van der Waals surface area contributed by atoms with Crippen molar-refractivity contribution < 1.29 is 9.90 Å². The lowest BCUT2D eigenvalue weighted by Gasteiger charge is -2.13. The van der Waals surface area contributed by atoms with E-state index in [0.717, 1.165) is 44.3 Å². The first-order valence-electron chi connectivity index (χ1n) is 10.2. The number of phenols is 1. The Morgan fingerprint density at radius 2 is 1.91 bits per heavy atom. The molecule has 2 aromatic heterocycles. The van der Waals surface area contributed by atoms with Gasteiger partial charge in [-0.05, 0) is 47.5 Å². The van der Waals surface area contributed by atoms with Crippen molar-refractivity contribution in [2.75, 3.05) is 0 Å². The molecule has 3 aromatic carbocycles. The van der Waals surface area contributed by atoms with Crippen LogP contribution in [0.2, 0.25) is 0 Å². The van der Waals surface area contributed by atoms with Gasteiger partial charge in [0, 0.05) is 28.2 Å². The molecule has 0 radical (unpaired) electrons. The van der Waals surface area contributed by atoms with E-state index in [1.165, 1.54) is 6.07 Å². The molecule has 0 fully saturated rings. The number of carbonyl (C=O) groups is 1. The van der Waals surface area contributed by atoms with Crippen molar-refractivity contribution in [3.8, 4) is 5.75 Å². The molecule has 8 nitrogen and oxygen atoms in total. The lowest BCUT2D eigenvalue weighted by molar-refractivity contribution is 0.0960. The normalized spacial score (nSPS) is 15.6. The van der Waals surface area contributed by atoms with Gasteiger partial charge in [-0.2, -0.15) is 15.4 Å². The number of aliphatic imine (C=N–C) groups is 1. The SMILES string of the molecule is O=C1NC(c2c(C=NCc3ccc4n[nH]nc4c3)[nH]c3ccccc23)c2cc(O)ccc21. The van der Waals surface area contributed by atoms with Gasteiger partial charge < -0.3 is 15.4 Å². The Morgan fingerprint density at radius 1 is 1.03 bits per heavy atom. The van der Waals surface area contributed by atoms with Gasteiger partial charge in [-0.15, -0.1) is 0 Å². The summed E-state index contributed by atoms with van der Waals surface area (Å²) >= 11 is 0. The zero-order chi connectivity index (χ0) is 21.7. The van der Waals surface area contributed by atoms with Gasteiger partial charge in [0.1, 0.15) is 16.8 Å². The van der Waals surface area contributed by atoms with Crippen LogP contribution >= 0.6 is 0 Å². The summed E-state index contributed by atoms with van der Waals surface area (Å²) in [5, 5.41) is 24.9. The van der Waals surface area contributed by atoms with Gasteiger partial charge in [-0.1, -0.05) is 24.3 Å². The summed E-state index contributed by atoms with van der Waals surface area (Å²) < 4.78 is 0. The van der Waals surface area contributed by atoms with E-state index < -0.39 is 0 Å². The van der Waals surface area contributed by atoms with Crippen LogP contribution in [-0.2, 0) is 6.54 Å². The molecule has 0 saturated heterocycles. The number of aromatic hydroxyl groups is 1. The van der Waals surface area contributed by atoms with Gasteiger partial charge in [0.2, 0.25) is 0 Å². The number of carbonyl (C=O) groups excluding carboxylic acids is 1. The van der Waals surface area contributed by atoms with Crippen LogP contribution in [0, 0.1) is 0 Å². The van der Waals surface area contributed by atoms with E-state index >= 15 is 0 Å². The van der Waals surface area contributed by atoms with Gasteiger partial charge in [-0.25, -0.2) is 0 Å². The second-order valence-corrected chi connectivity index (χ2v) is 7.79. The zero-order valence-corrected chi connectivity index (χ0v) is 16.8. The summed E-state index contributed by atoms with van der Waals surface area (Å²) in [4.78, 5) is 20.6. The minimum atomic E-state index is -0.381. The number of fused-ring (bicyclic) bond motifs is 3. The number of nitrogens with one attached hydrogen (secondary N) is 3. The molecular weight excluding hydrogens is 404 g/mol. The predicted octanol–water partition coefficient (Wildman–Crippen LogP) is 3.60. The minimum absolute atomic E-state index is 0.128. The Morgan fingerprint density at radius 3 is 2.84 bits per heavy atom. The van der Waals surface area contributed by atoms with Crippen LogP contribution < -0.4 is 5.32 Å². The number of aromatic amines is 2. The molecule has 156 valence electrons. The quantitative estimate of drug-likeness (QED) is 0.331. The fourth-order valence-corrected chi connectivity index (χ4v) is 4.33. The summed E-state index contributed by atoms with van der Waals surface area (Å²) in [6, 6.07) is 18.2. The monoisotopic (exact) mass is 422 g/mol. The van der Waals surface area contributed by atoms with Crippen molar-refractivity contribution in [1.29, 1.82) is 0 Å². The van der Waals surface area contributed by atoms with E-state index in [9.17, 15) is 9.90 Å². The first-order valence-corrected chi connectivity index (χ1v) is 10.2. The minimum Gasteiger partial charge on any atom is -0.508 e. The van der Waals surface area contributed by atoms with Crippen LogP contribution in [0.1, 0.15) is 38.8 Å². The molecule has 4 N–H and O–H groups in total. The van der Waals surface area contributed by atoms with Crippen LogP contribution in [0.3, 0.4) is 0 Å². The van der Waals surface area contributed by atoms with Gasteiger partial charge in [0.25, 0.3) is 5.91 Å². The number of H-pyrrole nitrogens is 2. The van der Waals surface area contributed by atoms with Crippen LogP contribution in [0.25, 0.3) is 21.9 Å². The van der Waals surface area contributed by atoms with Crippen molar-refractivity contribution in [2.24, 2.45) is 4.99 Å². The number of aromatic nitrogens is 4. The lowest BCUT2D eigenvalue weighted by Crippen LogP contribution is -2.20. The maximum atomic E-state index is 12.6. The highest BCUT2D eigenvalue weighted by atomic mass is 16.3. The molecule has 8 heteroatoms. The van der Waals surface area contributed by atoms with Crippen molar-refractivity contribution in [1.82, 2.24) is 25.7 Å². The number of hydrogen-bond donors (Lipinski definition) is 4. The number of amides is 1. The second kappa shape index (κ2) is 7.05. The van der Waals surface area contributed by atoms with E-state index in [1.54, 1.807) is 18.3 Å². The fourth-order valence-electron chi connectivity index (χ4n) is 4.33. The summed E-state index contributed by atoms with van der Waals surface area (Å²) in [7, 11) is 0. The number of phenolic OH excluding ortho intramolecular Hbond substituents is 1.